The van der Waals surface area contributed by atoms with Gasteiger partial charge < -0.3 is 19.4 Å². The van der Waals surface area contributed by atoms with Crippen molar-refractivity contribution in [3.05, 3.63) is 36.5 Å². The molecule has 0 rings (SSSR count). The number of allylic oxidation sites excluding steroid dienone is 5. The van der Waals surface area contributed by atoms with Crippen molar-refractivity contribution in [3.63, 3.8) is 0 Å². The van der Waals surface area contributed by atoms with Crippen molar-refractivity contribution in [1.29, 1.82) is 0 Å². The normalized spacial score (nSPS) is 14.1. The van der Waals surface area contributed by atoms with Crippen molar-refractivity contribution in [2.45, 2.75) is 277 Å². The van der Waals surface area contributed by atoms with Crippen molar-refractivity contribution >= 4 is 19.7 Å². The van der Waals surface area contributed by atoms with Crippen molar-refractivity contribution in [2.75, 3.05) is 40.9 Å². The minimum Gasteiger partial charge on any atom is -0.456 e. The third kappa shape index (κ3) is 49.0. The third-order valence-electron chi connectivity index (χ3n) is 12.6. The molecule has 0 aliphatic rings. The number of quaternary nitrogens is 1. The van der Waals surface area contributed by atoms with Crippen LogP contribution in [0.1, 0.15) is 265 Å². The fourth-order valence-corrected chi connectivity index (χ4v) is 8.84. The first kappa shape index (κ1) is 65.2. The summed E-state index contributed by atoms with van der Waals surface area (Å²) in [6.07, 6.45) is 55.6. The van der Waals surface area contributed by atoms with E-state index in [1.165, 1.54) is 161 Å². The molecule has 10 heteroatoms. The maximum atomic E-state index is 13.5. The number of likely N-dealkylation sites (N-methyl/N-ethyl adjacent to an activating group) is 1. The largest absolute Gasteiger partial charge is 0.472 e. The van der Waals surface area contributed by atoms with Gasteiger partial charge in [0.2, 0.25) is 5.91 Å². The first-order chi connectivity index (χ1) is 32.4. The molecule has 3 atom stereocenters. The number of carbonyl (C=O) groups excluding carboxylic acids is 2. The average Bonchev–Trinajstić information content (AvgIpc) is 3.28. The molecule has 3 unspecified atom stereocenters. The number of nitrogens with zero attached hydrogens (tertiary/aromatic N) is 1. The van der Waals surface area contributed by atoms with Crippen LogP contribution in [-0.2, 0) is 27.9 Å². The number of amides is 1. The molecule has 0 heterocycles. The Morgan fingerprint density at radius 2 is 0.866 bits per heavy atom. The van der Waals surface area contributed by atoms with Crippen molar-refractivity contribution in [1.82, 2.24) is 5.32 Å². The predicted octanol–water partition coefficient (Wildman–Crippen LogP) is 16.8. The molecule has 0 aromatic rings. The van der Waals surface area contributed by atoms with Crippen LogP contribution in [0.5, 0.6) is 0 Å². The van der Waals surface area contributed by atoms with Crippen LogP contribution < -0.4 is 5.32 Å². The summed E-state index contributed by atoms with van der Waals surface area (Å²) in [5.41, 5.74) is 0. The molecule has 2 N–H and O–H groups in total. The van der Waals surface area contributed by atoms with E-state index >= 15 is 0 Å². The van der Waals surface area contributed by atoms with Gasteiger partial charge in [0.15, 0.2) is 0 Å². The number of carbonyl (C=O) groups is 2. The molecule has 1 amide bonds. The summed E-state index contributed by atoms with van der Waals surface area (Å²) >= 11 is 0. The molecular weight excluding hydrogens is 856 g/mol. The van der Waals surface area contributed by atoms with Gasteiger partial charge in [-0.3, -0.25) is 18.6 Å². The highest BCUT2D eigenvalue weighted by molar-refractivity contribution is 7.47. The second-order valence-electron chi connectivity index (χ2n) is 20.5. The van der Waals surface area contributed by atoms with E-state index in [-0.39, 0.29) is 31.5 Å². The fourth-order valence-electron chi connectivity index (χ4n) is 8.11. The minimum atomic E-state index is -4.44. The lowest BCUT2D eigenvalue weighted by Gasteiger charge is -2.27. The molecule has 0 saturated heterocycles. The number of rotatable bonds is 51. The van der Waals surface area contributed by atoms with Gasteiger partial charge in [0, 0.05) is 12.8 Å². The zero-order valence-corrected chi connectivity index (χ0v) is 45.8. The van der Waals surface area contributed by atoms with E-state index in [2.05, 4.69) is 50.4 Å². The van der Waals surface area contributed by atoms with Crippen LogP contribution in [-0.4, -0.2) is 74.3 Å². The smallest absolute Gasteiger partial charge is 0.456 e. The molecule has 0 spiro atoms. The minimum absolute atomic E-state index is 0.0399. The Bertz CT molecular complexity index is 1250. The highest BCUT2D eigenvalue weighted by Crippen LogP contribution is 2.43. The lowest BCUT2D eigenvalue weighted by Crippen LogP contribution is -2.47. The lowest BCUT2D eigenvalue weighted by molar-refractivity contribution is -0.870. The summed E-state index contributed by atoms with van der Waals surface area (Å²) in [4.78, 5) is 37.5. The van der Waals surface area contributed by atoms with Gasteiger partial charge in [-0.05, 0) is 83.1 Å². The van der Waals surface area contributed by atoms with Crippen LogP contribution in [0, 0.1) is 0 Å². The third-order valence-corrected chi connectivity index (χ3v) is 13.5. The van der Waals surface area contributed by atoms with Gasteiger partial charge in [-0.1, -0.05) is 205 Å². The molecule has 0 saturated carbocycles. The van der Waals surface area contributed by atoms with Crippen LogP contribution >= 0.6 is 7.82 Å². The van der Waals surface area contributed by atoms with Crippen molar-refractivity contribution in [2.24, 2.45) is 0 Å². The maximum absolute atomic E-state index is 13.5. The van der Waals surface area contributed by atoms with Crippen LogP contribution in [0.15, 0.2) is 36.5 Å². The molecule has 0 aromatic heterocycles. The Kier molecular flexibility index (Phi) is 46.6. The standard InChI is InChI=1S/C57H109N2O7P/c1-7-10-13-16-19-22-25-27-29-31-34-37-40-43-46-49-56(60)58-54(53-65-67(62,63)64-52-51-59(4,5)6)55(48-45-42-39-36-33-24-21-18-15-12-9-3)66-57(61)50-47-44-41-38-35-32-30-28-26-23-20-17-14-11-8-2/h22-23,25-26,45,48,54-55H,7-21,24,27-44,46-47,49-53H2,1-6H3,(H-,58,60,62,63)/p+1/b25-22-,26-23-,48-45+. The van der Waals surface area contributed by atoms with E-state index in [0.717, 1.165) is 70.6 Å². The highest BCUT2D eigenvalue weighted by Gasteiger charge is 2.30. The van der Waals surface area contributed by atoms with E-state index in [1.54, 1.807) is 0 Å². The Morgan fingerprint density at radius 3 is 1.28 bits per heavy atom. The SMILES string of the molecule is CCCCCC/C=C\CCCCCCCCCC(=O)NC(COP(=O)(O)OCC[N+](C)(C)C)C(/C=C/CCCCCCCCCCC)OC(=O)CCCCCCCCC/C=C\CCCCCC. The van der Waals surface area contributed by atoms with E-state index in [1.807, 2.05) is 33.3 Å². The lowest BCUT2D eigenvalue weighted by atomic mass is 10.1. The van der Waals surface area contributed by atoms with Gasteiger partial charge in [-0.25, -0.2) is 4.57 Å². The summed E-state index contributed by atoms with van der Waals surface area (Å²) in [6, 6.07) is -0.848. The van der Waals surface area contributed by atoms with E-state index in [0.29, 0.717) is 17.4 Å². The highest BCUT2D eigenvalue weighted by atomic mass is 31.2. The number of esters is 1. The zero-order valence-electron chi connectivity index (χ0n) is 44.9. The van der Waals surface area contributed by atoms with Crippen molar-refractivity contribution < 1.29 is 37.3 Å². The van der Waals surface area contributed by atoms with Gasteiger partial charge in [-0.2, -0.15) is 0 Å². The molecule has 0 aliphatic carbocycles. The average molecular weight is 966 g/mol. The molecule has 0 aliphatic heterocycles. The van der Waals surface area contributed by atoms with Gasteiger partial charge in [-0.15, -0.1) is 0 Å². The Labute approximate surface area is 415 Å². The van der Waals surface area contributed by atoms with E-state index in [4.69, 9.17) is 13.8 Å². The number of ether oxygens (including phenoxy) is 1. The molecule has 0 bridgehead atoms. The number of nitrogens with one attached hydrogen (secondary N) is 1. The second-order valence-corrected chi connectivity index (χ2v) is 21.9. The van der Waals surface area contributed by atoms with Gasteiger partial charge >= 0.3 is 13.8 Å². The van der Waals surface area contributed by atoms with Gasteiger partial charge in [0.1, 0.15) is 19.3 Å². The molecule has 0 aromatic carbocycles. The molecule has 394 valence electrons. The van der Waals surface area contributed by atoms with E-state index < -0.39 is 20.0 Å². The zero-order chi connectivity index (χ0) is 49.4. The molecule has 67 heavy (non-hydrogen) atoms. The molecule has 0 radical (unpaired) electrons. The summed E-state index contributed by atoms with van der Waals surface area (Å²) in [5.74, 6) is -0.510. The number of hydrogen-bond donors (Lipinski definition) is 2. The fraction of sp³-hybridized carbons (Fsp3) is 0.860. The summed E-state index contributed by atoms with van der Waals surface area (Å²) in [6.45, 7) is 6.98. The molecular formula is C57H110N2O7P+. The van der Waals surface area contributed by atoms with Crippen LogP contribution in [0.25, 0.3) is 0 Å². The van der Waals surface area contributed by atoms with Gasteiger partial charge in [0.05, 0.1) is 33.8 Å². The molecule has 0 fully saturated rings. The number of phosphoric acid groups is 1. The number of unbranched alkanes of at least 4 members (excludes halogenated alkanes) is 31. The number of phosphoric ester groups is 1. The summed E-state index contributed by atoms with van der Waals surface area (Å²) in [5, 5.41) is 3.04. The van der Waals surface area contributed by atoms with Crippen molar-refractivity contribution in [3.8, 4) is 0 Å². The predicted molar refractivity (Wildman–Crippen MR) is 286 cm³/mol. The Hall–Kier alpha value is -1.77. The monoisotopic (exact) mass is 966 g/mol. The summed E-state index contributed by atoms with van der Waals surface area (Å²) in [7, 11) is 1.49. The van der Waals surface area contributed by atoms with Crippen LogP contribution in [0.2, 0.25) is 0 Å². The topological polar surface area (TPSA) is 111 Å². The second kappa shape index (κ2) is 47.9. The van der Waals surface area contributed by atoms with Gasteiger partial charge in [0.25, 0.3) is 0 Å². The Morgan fingerprint density at radius 1 is 0.507 bits per heavy atom. The first-order valence-corrected chi connectivity index (χ1v) is 29.8. The summed E-state index contributed by atoms with van der Waals surface area (Å²) < 4.78 is 30.6. The van der Waals surface area contributed by atoms with E-state index in [9.17, 15) is 19.0 Å². The first-order valence-electron chi connectivity index (χ1n) is 28.3. The Balaban J connectivity index is 5.34. The maximum Gasteiger partial charge on any atom is 0.472 e. The quantitative estimate of drug-likeness (QED) is 0.0205. The van der Waals surface area contributed by atoms with Crippen LogP contribution in [0.3, 0.4) is 0 Å². The number of hydrogen-bond acceptors (Lipinski definition) is 6. The molecule has 9 nitrogen and oxygen atoms in total. The van der Waals surface area contributed by atoms with Crippen LogP contribution in [0.4, 0.5) is 0 Å².